The number of aryl methyl sites for hydroxylation is 1. The minimum absolute atomic E-state index is 0.220. The molecule has 0 saturated heterocycles. The number of benzene rings is 1. The highest BCUT2D eigenvalue weighted by Gasteiger charge is 2.07. The fourth-order valence-electron chi connectivity index (χ4n) is 1.12. The molecule has 0 aliphatic carbocycles. The second-order valence-electron chi connectivity index (χ2n) is 3.63. The van der Waals surface area contributed by atoms with Crippen LogP contribution in [0.3, 0.4) is 0 Å². The Morgan fingerprint density at radius 1 is 1.60 bits per heavy atom. The van der Waals surface area contributed by atoms with E-state index in [0.717, 1.165) is 5.56 Å². The molecule has 0 saturated carbocycles. The zero-order valence-electron chi connectivity index (χ0n) is 8.95. The molecule has 0 aromatic heterocycles. The van der Waals surface area contributed by atoms with Crippen LogP contribution in [0.5, 0.6) is 0 Å². The molecule has 0 aliphatic rings. The summed E-state index contributed by atoms with van der Waals surface area (Å²) in [6, 6.07) is 5.14. The number of anilines is 1. The monoisotopic (exact) mass is 208 g/mol. The van der Waals surface area contributed by atoms with E-state index < -0.39 is 6.10 Å². The molecule has 0 aliphatic heterocycles. The van der Waals surface area contributed by atoms with E-state index in [2.05, 4.69) is 5.32 Å². The third-order valence-corrected chi connectivity index (χ3v) is 2.10. The summed E-state index contributed by atoms with van der Waals surface area (Å²) in [6.45, 7) is 3.74. The van der Waals surface area contributed by atoms with E-state index in [0.29, 0.717) is 11.3 Å². The number of nitrogens with two attached hydrogens (primary N) is 1. The average Bonchev–Trinajstić information content (AvgIpc) is 2.18. The van der Waals surface area contributed by atoms with Crippen LogP contribution in [0, 0.1) is 6.92 Å². The number of rotatable bonds is 3. The van der Waals surface area contributed by atoms with Crippen LogP contribution in [0.2, 0.25) is 0 Å². The van der Waals surface area contributed by atoms with Crippen molar-refractivity contribution in [2.45, 2.75) is 20.0 Å². The zero-order valence-corrected chi connectivity index (χ0v) is 8.95. The van der Waals surface area contributed by atoms with Gasteiger partial charge in [0, 0.05) is 17.8 Å². The second kappa shape index (κ2) is 4.79. The number of hydrogen-bond donors (Lipinski definition) is 3. The predicted octanol–water partition coefficient (Wildman–Crippen LogP) is 0.688. The third kappa shape index (κ3) is 3.25. The summed E-state index contributed by atoms with van der Waals surface area (Å²) in [7, 11) is 0. The van der Waals surface area contributed by atoms with Crippen LogP contribution in [0.15, 0.2) is 18.2 Å². The Hall–Kier alpha value is -1.55. The molecule has 1 unspecified atom stereocenters. The lowest BCUT2D eigenvalue weighted by molar-refractivity contribution is 0.0924. The Kier molecular flexibility index (Phi) is 3.68. The van der Waals surface area contributed by atoms with Gasteiger partial charge in [0.25, 0.3) is 5.91 Å². The van der Waals surface area contributed by atoms with Crippen molar-refractivity contribution in [3.63, 3.8) is 0 Å². The molecule has 15 heavy (non-hydrogen) atoms. The average molecular weight is 208 g/mol. The molecule has 0 spiro atoms. The maximum Gasteiger partial charge on any atom is 0.251 e. The first kappa shape index (κ1) is 11.5. The zero-order chi connectivity index (χ0) is 11.4. The molecular weight excluding hydrogens is 192 g/mol. The Bertz CT molecular complexity index is 362. The quantitative estimate of drug-likeness (QED) is 0.640. The minimum Gasteiger partial charge on any atom is -0.398 e. The third-order valence-electron chi connectivity index (χ3n) is 2.10. The van der Waals surface area contributed by atoms with E-state index in [1.54, 1.807) is 25.1 Å². The Balaban J connectivity index is 2.70. The number of nitrogen functional groups attached to an aromatic ring is 1. The highest BCUT2D eigenvalue weighted by Crippen LogP contribution is 2.12. The number of amides is 1. The highest BCUT2D eigenvalue weighted by molar-refractivity contribution is 5.95. The number of aliphatic hydroxyl groups is 1. The smallest absolute Gasteiger partial charge is 0.251 e. The molecule has 1 rings (SSSR count). The fourth-order valence-corrected chi connectivity index (χ4v) is 1.12. The van der Waals surface area contributed by atoms with Crippen molar-refractivity contribution in [1.29, 1.82) is 0 Å². The Morgan fingerprint density at radius 2 is 2.27 bits per heavy atom. The van der Waals surface area contributed by atoms with Crippen molar-refractivity contribution < 1.29 is 9.90 Å². The molecule has 82 valence electrons. The van der Waals surface area contributed by atoms with Crippen LogP contribution in [0.4, 0.5) is 5.69 Å². The van der Waals surface area contributed by atoms with Gasteiger partial charge in [-0.2, -0.15) is 0 Å². The maximum atomic E-state index is 11.5. The lowest BCUT2D eigenvalue weighted by Crippen LogP contribution is -2.30. The molecule has 0 radical (unpaired) electrons. The molecule has 4 N–H and O–H groups in total. The number of aliphatic hydroxyl groups excluding tert-OH is 1. The standard InChI is InChI=1S/C11H16N2O2/c1-7-3-4-9(5-10(7)12)11(15)13-6-8(2)14/h3-5,8,14H,6,12H2,1-2H3,(H,13,15). The lowest BCUT2D eigenvalue weighted by atomic mass is 10.1. The van der Waals surface area contributed by atoms with Crippen molar-refractivity contribution >= 4 is 11.6 Å². The van der Waals surface area contributed by atoms with Gasteiger partial charge >= 0.3 is 0 Å². The summed E-state index contributed by atoms with van der Waals surface area (Å²) in [6.07, 6.45) is -0.545. The van der Waals surface area contributed by atoms with Gasteiger partial charge in [-0.3, -0.25) is 4.79 Å². The van der Waals surface area contributed by atoms with Crippen molar-refractivity contribution in [2.75, 3.05) is 12.3 Å². The first-order chi connectivity index (χ1) is 7.00. The van der Waals surface area contributed by atoms with E-state index in [-0.39, 0.29) is 12.5 Å². The normalized spacial score (nSPS) is 12.2. The van der Waals surface area contributed by atoms with Crippen molar-refractivity contribution in [3.8, 4) is 0 Å². The van der Waals surface area contributed by atoms with Gasteiger partial charge in [0.05, 0.1) is 6.10 Å². The van der Waals surface area contributed by atoms with E-state index in [4.69, 9.17) is 10.8 Å². The molecule has 4 heteroatoms. The Labute approximate surface area is 89.1 Å². The highest BCUT2D eigenvalue weighted by atomic mass is 16.3. The number of carbonyl (C=O) groups is 1. The first-order valence-electron chi connectivity index (χ1n) is 4.83. The largest absolute Gasteiger partial charge is 0.398 e. The molecule has 4 nitrogen and oxygen atoms in total. The van der Waals surface area contributed by atoms with Gasteiger partial charge in [0.15, 0.2) is 0 Å². The Morgan fingerprint density at radius 3 is 2.80 bits per heavy atom. The molecule has 0 fully saturated rings. The summed E-state index contributed by atoms with van der Waals surface area (Å²) >= 11 is 0. The summed E-state index contributed by atoms with van der Waals surface area (Å²) < 4.78 is 0. The van der Waals surface area contributed by atoms with Crippen molar-refractivity contribution in [3.05, 3.63) is 29.3 Å². The van der Waals surface area contributed by atoms with Crippen LogP contribution < -0.4 is 11.1 Å². The topological polar surface area (TPSA) is 75.3 Å². The number of carbonyl (C=O) groups excluding carboxylic acids is 1. The number of nitrogens with one attached hydrogen (secondary N) is 1. The van der Waals surface area contributed by atoms with E-state index >= 15 is 0 Å². The SMILES string of the molecule is Cc1ccc(C(=O)NCC(C)O)cc1N. The van der Waals surface area contributed by atoms with Crippen LogP contribution in [0.1, 0.15) is 22.8 Å². The summed E-state index contributed by atoms with van der Waals surface area (Å²) in [5.41, 5.74) is 7.74. The predicted molar refractivity (Wildman–Crippen MR) is 59.6 cm³/mol. The van der Waals surface area contributed by atoms with Crippen molar-refractivity contribution in [2.24, 2.45) is 0 Å². The van der Waals surface area contributed by atoms with Gasteiger partial charge in [-0.15, -0.1) is 0 Å². The van der Waals surface area contributed by atoms with Crippen molar-refractivity contribution in [1.82, 2.24) is 5.32 Å². The molecule has 0 heterocycles. The second-order valence-corrected chi connectivity index (χ2v) is 3.63. The molecule has 1 aromatic carbocycles. The summed E-state index contributed by atoms with van der Waals surface area (Å²) in [4.78, 5) is 11.5. The van der Waals surface area contributed by atoms with Gasteiger partial charge in [-0.05, 0) is 31.5 Å². The van der Waals surface area contributed by atoms with E-state index in [9.17, 15) is 4.79 Å². The van der Waals surface area contributed by atoms with Crippen LogP contribution in [0.25, 0.3) is 0 Å². The van der Waals surface area contributed by atoms with E-state index in [1.807, 2.05) is 6.92 Å². The van der Waals surface area contributed by atoms with Crippen LogP contribution in [-0.2, 0) is 0 Å². The van der Waals surface area contributed by atoms with Gasteiger partial charge in [0.2, 0.25) is 0 Å². The molecule has 1 amide bonds. The lowest BCUT2D eigenvalue weighted by Gasteiger charge is -2.08. The molecular formula is C11H16N2O2. The van der Waals surface area contributed by atoms with E-state index in [1.165, 1.54) is 0 Å². The fraction of sp³-hybridized carbons (Fsp3) is 0.364. The van der Waals surface area contributed by atoms with Gasteiger partial charge in [-0.25, -0.2) is 0 Å². The summed E-state index contributed by atoms with van der Waals surface area (Å²) in [5, 5.41) is 11.6. The van der Waals surface area contributed by atoms with Crippen LogP contribution in [-0.4, -0.2) is 23.7 Å². The molecule has 0 bridgehead atoms. The van der Waals surface area contributed by atoms with Gasteiger partial charge < -0.3 is 16.2 Å². The summed E-state index contributed by atoms with van der Waals surface area (Å²) in [5.74, 6) is -0.220. The van der Waals surface area contributed by atoms with Crippen LogP contribution >= 0.6 is 0 Å². The first-order valence-corrected chi connectivity index (χ1v) is 4.83. The molecule has 1 aromatic rings. The number of hydrogen-bond acceptors (Lipinski definition) is 3. The maximum absolute atomic E-state index is 11.5. The van der Waals surface area contributed by atoms with Gasteiger partial charge in [-0.1, -0.05) is 6.07 Å². The van der Waals surface area contributed by atoms with Gasteiger partial charge in [0.1, 0.15) is 0 Å². The minimum atomic E-state index is -0.545. The molecule has 1 atom stereocenters.